The van der Waals surface area contributed by atoms with Crippen molar-refractivity contribution in [2.75, 3.05) is 25.6 Å². The number of carbonyl (C=O) groups excluding carboxylic acids is 1. The standard InChI is InChI=1S/C21H21BrClFN4O3/c1-30-7-6-28-11-25-17-9-14(21(29)27-31-10-12-2-3-12)19(18(24)20(17)28)26-16-5-4-13(22)8-15(16)23/h4-5,8-9,11-12,26H,2-3,6-7,10H2,1H3,(H,27,29). The van der Waals surface area contributed by atoms with E-state index >= 15 is 4.39 Å². The highest BCUT2D eigenvalue weighted by Crippen LogP contribution is 2.34. The van der Waals surface area contributed by atoms with Gasteiger partial charge in [-0.05, 0) is 43.0 Å². The molecule has 2 N–H and O–H groups in total. The molecule has 1 saturated carbocycles. The van der Waals surface area contributed by atoms with Gasteiger partial charge >= 0.3 is 0 Å². The normalized spacial score (nSPS) is 13.5. The third-order valence-electron chi connectivity index (χ3n) is 5.00. The van der Waals surface area contributed by atoms with Gasteiger partial charge in [0.2, 0.25) is 0 Å². The molecule has 7 nitrogen and oxygen atoms in total. The zero-order chi connectivity index (χ0) is 22.0. The van der Waals surface area contributed by atoms with Gasteiger partial charge in [-0.25, -0.2) is 14.9 Å². The van der Waals surface area contributed by atoms with E-state index in [-0.39, 0.29) is 16.8 Å². The van der Waals surface area contributed by atoms with Crippen molar-refractivity contribution < 1.29 is 18.8 Å². The van der Waals surface area contributed by atoms with Crippen LogP contribution >= 0.6 is 27.5 Å². The number of benzene rings is 2. The summed E-state index contributed by atoms with van der Waals surface area (Å²) >= 11 is 9.66. The van der Waals surface area contributed by atoms with Gasteiger partial charge in [-0.15, -0.1) is 0 Å². The molecule has 0 atom stereocenters. The van der Waals surface area contributed by atoms with E-state index in [1.165, 1.54) is 12.4 Å². The molecule has 1 aliphatic rings. The average Bonchev–Trinajstić information content (AvgIpc) is 3.47. The summed E-state index contributed by atoms with van der Waals surface area (Å²) in [6.45, 7) is 1.24. The molecule has 1 aromatic heterocycles. The SMILES string of the molecule is COCCn1cnc2cc(C(=O)NOCC3CC3)c(Nc3ccc(Br)cc3Cl)c(F)c21. The fourth-order valence-corrected chi connectivity index (χ4v) is 3.86. The van der Waals surface area contributed by atoms with Crippen LogP contribution in [-0.2, 0) is 16.1 Å². The maximum atomic E-state index is 15.7. The van der Waals surface area contributed by atoms with Gasteiger partial charge in [-0.2, -0.15) is 0 Å². The molecule has 2 aromatic carbocycles. The molecule has 0 spiro atoms. The van der Waals surface area contributed by atoms with Crippen LogP contribution in [0.25, 0.3) is 11.0 Å². The number of hydrogen-bond acceptors (Lipinski definition) is 5. The van der Waals surface area contributed by atoms with Crippen molar-refractivity contribution in [2.45, 2.75) is 19.4 Å². The van der Waals surface area contributed by atoms with Crippen molar-refractivity contribution in [3.05, 3.63) is 51.5 Å². The quantitative estimate of drug-likeness (QED) is 0.393. The van der Waals surface area contributed by atoms with Crippen LogP contribution in [0.4, 0.5) is 15.8 Å². The Kier molecular flexibility index (Phi) is 6.76. The Morgan fingerprint density at radius 1 is 1.39 bits per heavy atom. The number of ether oxygens (including phenoxy) is 1. The van der Waals surface area contributed by atoms with Gasteiger partial charge in [0.05, 0.1) is 47.0 Å². The summed E-state index contributed by atoms with van der Waals surface area (Å²) in [6.07, 6.45) is 3.70. The molecule has 0 aliphatic heterocycles. The number of fused-ring (bicyclic) bond motifs is 1. The maximum absolute atomic E-state index is 15.7. The lowest BCUT2D eigenvalue weighted by molar-refractivity contribution is 0.0271. The number of hydrogen-bond donors (Lipinski definition) is 2. The topological polar surface area (TPSA) is 77.4 Å². The monoisotopic (exact) mass is 510 g/mol. The lowest BCUT2D eigenvalue weighted by atomic mass is 10.1. The predicted octanol–water partition coefficient (Wildman–Crippen LogP) is 5.05. The van der Waals surface area contributed by atoms with E-state index < -0.39 is 11.7 Å². The fraction of sp³-hybridized carbons (Fsp3) is 0.333. The second kappa shape index (κ2) is 9.52. The van der Waals surface area contributed by atoms with Crippen molar-refractivity contribution in [2.24, 2.45) is 5.92 Å². The molecule has 0 bridgehead atoms. The smallest absolute Gasteiger partial charge is 0.277 e. The Morgan fingerprint density at radius 2 is 2.19 bits per heavy atom. The van der Waals surface area contributed by atoms with Crippen LogP contribution in [0.2, 0.25) is 5.02 Å². The van der Waals surface area contributed by atoms with Crippen LogP contribution < -0.4 is 10.8 Å². The number of methoxy groups -OCH3 is 1. The molecule has 0 saturated heterocycles. The number of anilines is 2. The Morgan fingerprint density at radius 3 is 2.90 bits per heavy atom. The van der Waals surface area contributed by atoms with E-state index in [2.05, 4.69) is 31.7 Å². The highest BCUT2D eigenvalue weighted by molar-refractivity contribution is 9.10. The largest absolute Gasteiger partial charge is 0.383 e. The van der Waals surface area contributed by atoms with Crippen LogP contribution in [0.1, 0.15) is 23.2 Å². The van der Waals surface area contributed by atoms with Crippen molar-refractivity contribution in [3.8, 4) is 0 Å². The maximum Gasteiger partial charge on any atom is 0.277 e. The van der Waals surface area contributed by atoms with Crippen molar-refractivity contribution in [3.63, 3.8) is 0 Å². The molecule has 164 valence electrons. The molecule has 1 amide bonds. The number of nitrogens with zero attached hydrogens (tertiary/aromatic N) is 2. The summed E-state index contributed by atoms with van der Waals surface area (Å²) in [7, 11) is 1.57. The van der Waals surface area contributed by atoms with Gasteiger partial charge in [-0.3, -0.25) is 9.63 Å². The van der Waals surface area contributed by atoms with E-state index in [0.29, 0.717) is 41.9 Å². The number of rotatable bonds is 9. The zero-order valence-electron chi connectivity index (χ0n) is 16.8. The van der Waals surface area contributed by atoms with Crippen molar-refractivity contribution >= 4 is 55.8 Å². The molecular weight excluding hydrogens is 491 g/mol. The number of carbonyl (C=O) groups is 1. The Balaban J connectivity index is 1.73. The summed E-state index contributed by atoms with van der Waals surface area (Å²) in [6, 6.07) is 6.68. The first-order valence-corrected chi connectivity index (χ1v) is 11.0. The minimum absolute atomic E-state index is 0.0107. The summed E-state index contributed by atoms with van der Waals surface area (Å²) in [5.41, 5.74) is 3.55. The van der Waals surface area contributed by atoms with Crippen molar-refractivity contribution in [1.82, 2.24) is 15.0 Å². The number of nitrogens with one attached hydrogen (secondary N) is 2. The fourth-order valence-electron chi connectivity index (χ4n) is 3.14. The molecule has 10 heteroatoms. The van der Waals surface area contributed by atoms with Crippen LogP contribution in [0.15, 0.2) is 35.1 Å². The summed E-state index contributed by atoms with van der Waals surface area (Å²) < 4.78 is 23.3. The van der Waals surface area contributed by atoms with Crippen LogP contribution in [0, 0.1) is 11.7 Å². The Hall–Kier alpha value is -2.20. The summed E-state index contributed by atoms with van der Waals surface area (Å²) in [5, 5.41) is 3.35. The van der Waals surface area contributed by atoms with Gasteiger partial charge in [0, 0.05) is 18.1 Å². The Labute approximate surface area is 192 Å². The first-order chi connectivity index (χ1) is 15.0. The van der Waals surface area contributed by atoms with E-state index in [9.17, 15) is 4.79 Å². The van der Waals surface area contributed by atoms with Crippen LogP contribution in [-0.4, -0.2) is 35.8 Å². The number of amides is 1. The molecule has 1 fully saturated rings. The summed E-state index contributed by atoms with van der Waals surface area (Å²) in [5.74, 6) is -0.712. The number of halogens is 3. The highest BCUT2D eigenvalue weighted by Gasteiger charge is 2.25. The van der Waals surface area contributed by atoms with E-state index in [1.54, 1.807) is 29.9 Å². The summed E-state index contributed by atoms with van der Waals surface area (Å²) in [4.78, 5) is 22.4. The first kappa shape index (κ1) is 22.0. The van der Waals surface area contributed by atoms with Gasteiger partial charge in [0.1, 0.15) is 5.52 Å². The molecule has 0 radical (unpaired) electrons. The number of imidazole rings is 1. The number of hydroxylamine groups is 1. The van der Waals surface area contributed by atoms with Gasteiger partial charge < -0.3 is 14.6 Å². The molecule has 1 aliphatic carbocycles. The second-order valence-electron chi connectivity index (χ2n) is 7.35. The lowest BCUT2D eigenvalue weighted by Gasteiger charge is -2.16. The molecule has 3 aromatic rings. The van der Waals surface area contributed by atoms with Gasteiger partial charge in [0.25, 0.3) is 5.91 Å². The molecule has 31 heavy (non-hydrogen) atoms. The number of aromatic nitrogens is 2. The van der Waals surface area contributed by atoms with Crippen molar-refractivity contribution in [1.29, 1.82) is 0 Å². The first-order valence-electron chi connectivity index (χ1n) is 9.78. The third kappa shape index (κ3) is 5.01. The average molecular weight is 512 g/mol. The van der Waals surface area contributed by atoms with E-state index in [4.69, 9.17) is 21.2 Å². The predicted molar refractivity (Wildman–Crippen MR) is 120 cm³/mol. The second-order valence-corrected chi connectivity index (χ2v) is 8.67. The minimum atomic E-state index is -0.613. The molecular formula is C21H21BrClFN4O3. The van der Waals surface area contributed by atoms with Crippen LogP contribution in [0.5, 0.6) is 0 Å². The Bertz CT molecular complexity index is 1120. The van der Waals surface area contributed by atoms with E-state index in [1.807, 2.05) is 0 Å². The third-order valence-corrected chi connectivity index (χ3v) is 5.80. The minimum Gasteiger partial charge on any atom is -0.383 e. The molecule has 1 heterocycles. The van der Waals surface area contributed by atoms with E-state index in [0.717, 1.165) is 17.3 Å². The van der Waals surface area contributed by atoms with Gasteiger partial charge in [-0.1, -0.05) is 27.5 Å². The van der Waals surface area contributed by atoms with Gasteiger partial charge in [0.15, 0.2) is 5.82 Å². The van der Waals surface area contributed by atoms with Crippen LogP contribution in [0.3, 0.4) is 0 Å². The highest BCUT2D eigenvalue weighted by atomic mass is 79.9. The molecule has 4 rings (SSSR count). The zero-order valence-corrected chi connectivity index (χ0v) is 19.1. The molecule has 0 unspecified atom stereocenters. The lowest BCUT2D eigenvalue weighted by Crippen LogP contribution is -2.26.